The molecule has 696 valence electrons. The third kappa shape index (κ3) is 32.9. The number of benzene rings is 8. The molecule has 8 aromatic carbocycles. The van der Waals surface area contributed by atoms with Gasteiger partial charge in [0.05, 0.1) is 0 Å². The molecule has 0 saturated carbocycles. The molecule has 3 heterocycles. The van der Waals surface area contributed by atoms with E-state index in [0.717, 1.165) is 123 Å². The van der Waals surface area contributed by atoms with Gasteiger partial charge in [0.1, 0.15) is 23.0 Å². The minimum Gasteiger partial charge on any atom is -0.543 e. The Hall–Kier alpha value is -10.8. The molecule has 0 spiro atoms. The van der Waals surface area contributed by atoms with Crippen molar-refractivity contribution >= 4 is 208 Å². The second kappa shape index (κ2) is 48.9. The topological polar surface area (TPSA) is 495 Å². The fraction of sp³-hybridized carbons (Fsp3) is 0.362. The maximum Gasteiger partial charge on any atom is 0.280 e. The number of hydrogen-bond donors (Lipinski definition) is 14. The summed E-state index contributed by atoms with van der Waals surface area (Å²) in [6.45, 7) is 37.8. The minimum absolute atomic E-state index is 0. The summed E-state index contributed by atoms with van der Waals surface area (Å²) < 4.78 is 19.3. The Bertz CT molecular complexity index is 5930. The van der Waals surface area contributed by atoms with E-state index in [4.69, 9.17) is 105 Å². The van der Waals surface area contributed by atoms with Crippen molar-refractivity contribution in [3.63, 3.8) is 0 Å². The number of nitrogen functional groups attached to an aromatic ring is 6. The minimum atomic E-state index is -1.88. The molecule has 0 aliphatic heterocycles. The van der Waals surface area contributed by atoms with Gasteiger partial charge >= 0.3 is 0 Å². The number of aliphatic imine (C=N–C) groups is 2. The number of thioether (sulfide) groups is 1. The highest BCUT2D eigenvalue weighted by molar-refractivity contribution is 14.0. The van der Waals surface area contributed by atoms with Crippen LogP contribution in [0.3, 0.4) is 0 Å². The monoisotopic (exact) mass is 2010 g/mol. The van der Waals surface area contributed by atoms with Crippen molar-refractivity contribution in [2.24, 2.45) is 27.2 Å². The first-order valence-corrected chi connectivity index (χ1v) is 53.6. The highest BCUT2D eigenvalue weighted by Crippen LogP contribution is 2.41. The second-order valence-electron chi connectivity index (χ2n) is 35.4. The van der Waals surface area contributed by atoms with Gasteiger partial charge in [-0.15, -0.1) is 24.0 Å². The molecule has 0 aliphatic carbocycles. The number of amidine groups is 1. The SMILES string of the molecule is CC(C)(C)[Si](C)(C)Oc1ccc2cc(CCCCN)ccc2c1.CC(C)(C)[Si](C)(C)Oc1ccc2cc(CCCCN=C(N)NC(=O)c3nc(Cl)c(N)nc3N)ccc2c1.CCCC#Cc1ccc2cc(O[Si](C)(C)C(C)(C)C)ccc2c1.CSC(=N)NC(=O)c1nc(Cl)c(N)nc1N.I.NC(=NCCCCc1ccc2cc(O)ccc2c1)NC(=O)c1nc(Cl)c(N)nc1N. The lowest BCUT2D eigenvalue weighted by Crippen LogP contribution is -2.43. The van der Waals surface area contributed by atoms with E-state index in [1.165, 1.54) is 49.0 Å². The van der Waals surface area contributed by atoms with Crippen molar-refractivity contribution in [1.82, 2.24) is 45.9 Å². The summed E-state index contributed by atoms with van der Waals surface area (Å²) in [5.41, 5.74) is 54.7. The zero-order valence-corrected chi connectivity index (χ0v) is 85.8. The molecule has 36 heteroatoms. The van der Waals surface area contributed by atoms with Crippen molar-refractivity contribution in [3.8, 4) is 34.8 Å². The van der Waals surface area contributed by atoms with Gasteiger partial charge in [-0.2, -0.15) is 0 Å². The Morgan fingerprint density at radius 1 is 0.446 bits per heavy atom. The largest absolute Gasteiger partial charge is 0.543 e. The molecule has 0 saturated heterocycles. The van der Waals surface area contributed by atoms with Gasteiger partial charge in [0.2, 0.25) is 25.0 Å². The average Bonchev–Trinajstić information content (AvgIpc) is 0.797. The zero-order chi connectivity index (χ0) is 95.5. The van der Waals surface area contributed by atoms with Crippen LogP contribution < -0.4 is 80.8 Å². The predicted molar refractivity (Wildman–Crippen MR) is 560 cm³/mol. The summed E-state index contributed by atoms with van der Waals surface area (Å²) in [4.78, 5) is 66.9. The molecule has 0 fully saturated rings. The fourth-order valence-corrected chi connectivity index (χ4v) is 15.3. The van der Waals surface area contributed by atoms with Gasteiger partial charge in [0, 0.05) is 25.1 Å². The number of rotatable bonds is 24. The number of nitrogens with one attached hydrogen (secondary N) is 4. The second-order valence-corrected chi connectivity index (χ2v) is 51.5. The van der Waals surface area contributed by atoms with Gasteiger partial charge in [0.15, 0.2) is 84.5 Å². The normalized spacial score (nSPS) is 11.8. The summed E-state index contributed by atoms with van der Waals surface area (Å²) >= 11 is 18.3. The van der Waals surface area contributed by atoms with Gasteiger partial charge in [-0.3, -0.25) is 40.4 Å². The van der Waals surface area contributed by atoms with Crippen LogP contribution in [0.5, 0.6) is 23.0 Å². The van der Waals surface area contributed by atoms with Crippen molar-refractivity contribution in [1.29, 1.82) is 5.41 Å². The number of carbonyl (C=O) groups is 3. The van der Waals surface area contributed by atoms with Crippen LogP contribution >= 0.6 is 70.5 Å². The molecule has 28 nitrogen and oxygen atoms in total. The molecular weight excluding hydrogens is 1880 g/mol. The fourth-order valence-electron chi connectivity index (χ4n) is 11.6. The Kier molecular flexibility index (Phi) is 40.6. The van der Waals surface area contributed by atoms with Gasteiger partial charge in [-0.1, -0.05) is 213 Å². The molecule has 0 aliphatic rings. The van der Waals surface area contributed by atoms with Crippen molar-refractivity contribution in [3.05, 3.63) is 200 Å². The highest BCUT2D eigenvalue weighted by atomic mass is 127. The maximum absolute atomic E-state index is 12.3. The van der Waals surface area contributed by atoms with Crippen LogP contribution in [0.25, 0.3) is 43.1 Å². The molecule has 11 aromatic rings. The first-order chi connectivity index (χ1) is 60.5. The van der Waals surface area contributed by atoms with Gasteiger partial charge in [-0.05, 0) is 252 Å². The van der Waals surface area contributed by atoms with Crippen LogP contribution in [0.15, 0.2) is 156 Å². The number of fused-ring (bicyclic) bond motifs is 4. The van der Waals surface area contributed by atoms with E-state index in [0.29, 0.717) is 13.1 Å². The number of hydrogen-bond acceptors (Lipinski definition) is 24. The van der Waals surface area contributed by atoms with E-state index in [-0.39, 0.29) is 129 Å². The number of unbranched alkanes of at least 4 members (excludes halogenated alkanes) is 4. The zero-order valence-electron chi connectivity index (χ0n) is 77.4. The Balaban J connectivity index is 0.000000256. The summed E-state index contributed by atoms with van der Waals surface area (Å²) in [6, 6.07) is 50.3. The van der Waals surface area contributed by atoms with Crippen molar-refractivity contribution in [2.75, 3.05) is 60.3 Å². The van der Waals surface area contributed by atoms with E-state index in [1.54, 1.807) is 18.4 Å². The number of amides is 3. The van der Waals surface area contributed by atoms with E-state index in [2.05, 4.69) is 291 Å². The van der Waals surface area contributed by atoms with E-state index in [1.807, 2.05) is 18.2 Å². The highest BCUT2D eigenvalue weighted by Gasteiger charge is 2.41. The summed E-state index contributed by atoms with van der Waals surface area (Å²) in [5.74, 6) is 7.01. The lowest BCUT2D eigenvalue weighted by atomic mass is 10.0. The van der Waals surface area contributed by atoms with Crippen LogP contribution in [0, 0.1) is 17.3 Å². The summed E-state index contributed by atoms with van der Waals surface area (Å²) in [6.07, 6.45) is 12.3. The number of halogens is 4. The van der Waals surface area contributed by atoms with Crippen LogP contribution in [0.1, 0.15) is 174 Å². The Labute approximate surface area is 803 Å². The third-order valence-electron chi connectivity index (χ3n) is 22.1. The molecule has 0 unspecified atom stereocenters. The van der Waals surface area contributed by atoms with Crippen LogP contribution in [-0.4, -0.2) is 121 Å². The van der Waals surface area contributed by atoms with Crippen LogP contribution in [-0.2, 0) is 19.3 Å². The van der Waals surface area contributed by atoms with E-state index in [9.17, 15) is 19.5 Å². The maximum atomic E-state index is 12.3. The van der Waals surface area contributed by atoms with Crippen molar-refractivity contribution < 1.29 is 32.8 Å². The molecule has 0 radical (unpaired) electrons. The van der Waals surface area contributed by atoms with Crippen LogP contribution in [0.2, 0.25) is 69.9 Å². The molecule has 130 heavy (non-hydrogen) atoms. The number of nitrogens with two attached hydrogens (primary N) is 9. The number of carbonyl (C=O) groups excluding carboxylic acids is 3. The van der Waals surface area contributed by atoms with E-state index < -0.39 is 42.7 Å². The lowest BCUT2D eigenvalue weighted by molar-refractivity contribution is 0.0964. The quantitative estimate of drug-likeness (QED) is 0.00667. The smallest absolute Gasteiger partial charge is 0.280 e. The standard InChI is InChI=1S/C26H36ClN7O2Si.C21H28OSi.C20H22ClN7O2.C20H31NOSi.C7H9ClN6OS.HI/c1-26(2,3)37(4,5)36-19-12-11-17-14-16(9-10-18(17)15-19)8-6-7-13-31-25(30)34-24(35)20-22(28)33-23(29)21(27)32-20;1-7-8-9-10-17-11-12-19-16-20(14-13-18(19)15-17)22-23(5,6)21(2,3)4;21-16-18(23)27-17(22)15(26-16)19(30)28-20(24)25-8-2-1-3-11-4-5-13-10-14(29)7-6-12(13)9-11;1-20(2,3)23(4,5)22-19-12-11-17-14-16(8-6-7-13-21)9-10-18(17)15-19;1-16-7(11)14-6(15)2-4(9)13-5(10)3(8)12-2;/h9-12,14-15H,6-8,13H2,1-5H3,(H4,28,29,33)(H3,30,31,34,35);11-16H,7-8H2,1-6H3;4-7,9-10,29H,1-3,8H2,(H4,22,23,27)(H3,24,25,28,30);9-12,14-15H,6-8,13,21H2,1-5H3;1H3,(H4,9,10,13)(H2,11,14,15);1H. The molecule has 0 atom stereocenters. The molecule has 3 aromatic heterocycles. The first-order valence-electron chi connectivity index (χ1n) is 42.5. The van der Waals surface area contributed by atoms with Gasteiger partial charge < -0.3 is 75.3 Å². The number of phenolic OH excluding ortho intramolecular Hbond substituents is 1. The number of guanidine groups is 2. The lowest BCUT2D eigenvalue weighted by Gasteiger charge is -2.36. The number of nitrogens with zero attached hydrogens (tertiary/aromatic N) is 8. The molecule has 3 amide bonds. The van der Waals surface area contributed by atoms with Crippen molar-refractivity contribution in [2.45, 2.75) is 194 Å². The summed E-state index contributed by atoms with van der Waals surface area (Å²) in [5, 5.41) is 33.5. The summed E-state index contributed by atoms with van der Waals surface area (Å²) in [7, 11) is -5.44. The van der Waals surface area contributed by atoms with Gasteiger partial charge in [-0.25, -0.2) is 29.9 Å². The number of aryl methyl sites for hydroxylation is 3. The molecule has 11 rings (SSSR count). The predicted octanol–water partition coefficient (Wildman–Crippen LogP) is 19.9. The average molecular weight is 2010 g/mol. The number of anilines is 6. The molecule has 23 N–H and O–H groups in total. The molecular formula is C94H127Cl3IN21O7SSi3. The van der Waals surface area contributed by atoms with Crippen LogP contribution in [0.4, 0.5) is 34.9 Å². The Morgan fingerprint density at radius 3 is 1.09 bits per heavy atom. The number of aromatic hydroxyl groups is 1. The number of phenols is 1. The first kappa shape index (κ1) is 108. The Morgan fingerprint density at radius 2 is 0.754 bits per heavy atom. The third-order valence-corrected chi connectivity index (χ3v) is 36.5. The van der Waals surface area contributed by atoms with Gasteiger partial charge in [0.25, 0.3) is 17.7 Å². The number of aromatic nitrogens is 6. The van der Waals surface area contributed by atoms with E-state index >= 15 is 0 Å². The molecule has 0 bridgehead atoms.